The first-order valence-corrected chi connectivity index (χ1v) is 14.9. The van der Waals surface area contributed by atoms with E-state index in [0.717, 1.165) is 34.3 Å². The summed E-state index contributed by atoms with van der Waals surface area (Å²) in [4.78, 5) is 32.4. The van der Waals surface area contributed by atoms with Crippen LogP contribution in [0, 0.1) is 0 Å². The summed E-state index contributed by atoms with van der Waals surface area (Å²) in [6, 6.07) is 42.9. The predicted molar refractivity (Wildman–Crippen MR) is 175 cm³/mol. The minimum absolute atomic E-state index is 0.0774. The molecule has 0 bridgehead atoms. The topological polar surface area (TPSA) is 71.6 Å². The molecule has 0 fully saturated rings. The maximum Gasteiger partial charge on any atom is 0.265 e. The molecule has 7 rings (SSSR count). The highest BCUT2D eigenvalue weighted by atomic mass is 16.2. The minimum Gasteiger partial charge on any atom is -0.330 e. The number of hydrogen-bond acceptors (Lipinski definition) is 3. The summed E-state index contributed by atoms with van der Waals surface area (Å²) in [5.74, 6) is -0.233. The van der Waals surface area contributed by atoms with E-state index in [1.807, 2.05) is 137 Å². The fourth-order valence-corrected chi connectivity index (χ4v) is 6.26. The molecule has 1 aliphatic heterocycles. The van der Waals surface area contributed by atoms with Crippen LogP contribution in [0.25, 0.3) is 16.6 Å². The Balaban J connectivity index is 1.33. The molecule has 0 radical (unpaired) electrons. The van der Waals surface area contributed by atoms with Crippen LogP contribution in [0.15, 0.2) is 140 Å². The number of hydrogen-bond donors (Lipinski definition) is 1. The predicted octanol–water partition coefficient (Wildman–Crippen LogP) is 7.13. The van der Waals surface area contributed by atoms with E-state index in [2.05, 4.69) is 12.1 Å². The lowest BCUT2D eigenvalue weighted by atomic mass is 9.93. The summed E-state index contributed by atoms with van der Waals surface area (Å²) < 4.78 is 1.97. The lowest BCUT2D eigenvalue weighted by molar-refractivity contribution is 0.0647. The highest BCUT2D eigenvalue weighted by Gasteiger charge is 2.31. The van der Waals surface area contributed by atoms with Crippen molar-refractivity contribution in [2.75, 3.05) is 11.4 Å². The number of carbonyl (C=O) groups excluding carboxylic acids is 2. The van der Waals surface area contributed by atoms with Crippen LogP contribution in [-0.2, 0) is 13.0 Å². The Hall–Kier alpha value is -5.46. The van der Waals surface area contributed by atoms with Crippen LogP contribution >= 0.6 is 0 Å². The van der Waals surface area contributed by atoms with Crippen molar-refractivity contribution in [2.45, 2.75) is 19.0 Å². The van der Waals surface area contributed by atoms with Crippen LogP contribution in [0.1, 0.15) is 31.8 Å². The Bertz CT molecular complexity index is 1930. The highest BCUT2D eigenvalue weighted by Crippen LogP contribution is 2.33. The molecule has 216 valence electrons. The number of anilines is 2. The van der Waals surface area contributed by atoms with Crippen molar-refractivity contribution < 1.29 is 9.59 Å². The standard InChI is InChI=1S/C38H32N4O2/c39-24-31-23-27-13-7-8-14-28(27)25-40(31)37(43)33-20-10-12-22-36(33)41-26-34(32-19-9-11-21-35(32)41)38(44)42(29-15-3-1-4-16-29)30-17-5-2-6-18-30/h1-22,26,31H,23-25,39H2/t31-/m0/s1. The van der Waals surface area contributed by atoms with Gasteiger partial charge in [0.25, 0.3) is 11.8 Å². The van der Waals surface area contributed by atoms with Gasteiger partial charge in [0.15, 0.2) is 0 Å². The number of nitrogens with zero attached hydrogens (tertiary/aromatic N) is 3. The molecule has 2 heterocycles. The van der Waals surface area contributed by atoms with Crippen LogP contribution in [0.4, 0.5) is 11.4 Å². The second kappa shape index (κ2) is 11.7. The van der Waals surface area contributed by atoms with Gasteiger partial charge in [0.05, 0.1) is 22.3 Å². The molecule has 2 N–H and O–H groups in total. The van der Waals surface area contributed by atoms with Crippen molar-refractivity contribution in [1.82, 2.24) is 9.47 Å². The summed E-state index contributed by atoms with van der Waals surface area (Å²) in [6.07, 6.45) is 2.59. The molecule has 0 saturated heterocycles. The van der Waals surface area contributed by atoms with Crippen LogP contribution in [0.5, 0.6) is 0 Å². The van der Waals surface area contributed by atoms with E-state index in [1.54, 1.807) is 4.90 Å². The first-order valence-electron chi connectivity index (χ1n) is 14.9. The molecule has 0 saturated carbocycles. The first kappa shape index (κ1) is 27.4. The molecule has 1 aromatic heterocycles. The summed E-state index contributed by atoms with van der Waals surface area (Å²) >= 11 is 0. The maximum atomic E-state index is 14.5. The van der Waals surface area contributed by atoms with Crippen molar-refractivity contribution in [2.24, 2.45) is 5.73 Å². The minimum atomic E-state index is -0.156. The summed E-state index contributed by atoms with van der Waals surface area (Å²) in [5.41, 5.74) is 12.8. The van der Waals surface area contributed by atoms with Crippen molar-refractivity contribution in [1.29, 1.82) is 0 Å². The van der Waals surface area contributed by atoms with Gasteiger partial charge in [-0.3, -0.25) is 14.5 Å². The van der Waals surface area contributed by atoms with Gasteiger partial charge in [0.1, 0.15) is 0 Å². The van der Waals surface area contributed by atoms with Crippen LogP contribution in [0.2, 0.25) is 0 Å². The Labute approximate surface area is 256 Å². The summed E-state index contributed by atoms with van der Waals surface area (Å²) in [6.45, 7) is 0.882. The summed E-state index contributed by atoms with van der Waals surface area (Å²) in [7, 11) is 0. The van der Waals surface area contributed by atoms with E-state index in [4.69, 9.17) is 5.73 Å². The van der Waals surface area contributed by atoms with E-state index in [1.165, 1.54) is 5.56 Å². The van der Waals surface area contributed by atoms with Gasteiger partial charge in [0.2, 0.25) is 0 Å². The van der Waals surface area contributed by atoms with Gasteiger partial charge in [-0.15, -0.1) is 0 Å². The maximum absolute atomic E-state index is 14.5. The number of amides is 2. The van der Waals surface area contributed by atoms with Crippen LogP contribution < -0.4 is 10.6 Å². The number of fused-ring (bicyclic) bond motifs is 2. The van der Waals surface area contributed by atoms with Crippen molar-refractivity contribution in [3.63, 3.8) is 0 Å². The third-order valence-corrected chi connectivity index (χ3v) is 8.46. The molecule has 0 aliphatic carbocycles. The van der Waals surface area contributed by atoms with E-state index in [9.17, 15) is 9.59 Å². The lowest BCUT2D eigenvalue weighted by Crippen LogP contribution is -2.48. The Morgan fingerprint density at radius 3 is 1.98 bits per heavy atom. The molecule has 5 aromatic carbocycles. The fraction of sp³-hybridized carbons (Fsp3) is 0.105. The van der Waals surface area contributed by atoms with E-state index >= 15 is 0 Å². The Kier molecular flexibility index (Phi) is 7.26. The smallest absolute Gasteiger partial charge is 0.265 e. The van der Waals surface area contributed by atoms with Gasteiger partial charge in [-0.2, -0.15) is 0 Å². The van der Waals surface area contributed by atoms with Crippen molar-refractivity contribution in [3.8, 4) is 5.69 Å². The number of nitrogens with two attached hydrogens (primary N) is 1. The van der Waals surface area contributed by atoms with Gasteiger partial charge >= 0.3 is 0 Å². The van der Waals surface area contributed by atoms with Crippen LogP contribution in [-0.4, -0.2) is 33.9 Å². The Morgan fingerprint density at radius 1 is 0.682 bits per heavy atom. The fourth-order valence-electron chi connectivity index (χ4n) is 6.26. The quantitative estimate of drug-likeness (QED) is 0.229. The number of aromatic nitrogens is 1. The molecular weight excluding hydrogens is 544 g/mol. The number of rotatable bonds is 6. The average molecular weight is 577 g/mol. The molecule has 2 amide bonds. The Morgan fingerprint density at radius 2 is 1.27 bits per heavy atom. The van der Waals surface area contributed by atoms with E-state index in [0.29, 0.717) is 29.9 Å². The zero-order chi connectivity index (χ0) is 30.0. The summed E-state index contributed by atoms with van der Waals surface area (Å²) in [5, 5.41) is 0.809. The molecule has 0 spiro atoms. The van der Waals surface area contributed by atoms with Gasteiger partial charge in [-0.05, 0) is 60.0 Å². The number of benzene rings is 5. The normalized spacial score (nSPS) is 14.3. The van der Waals surface area contributed by atoms with E-state index < -0.39 is 0 Å². The first-order chi connectivity index (χ1) is 21.6. The number of para-hydroxylation sites is 4. The molecular formula is C38H32N4O2. The largest absolute Gasteiger partial charge is 0.330 e. The number of carbonyl (C=O) groups is 2. The molecule has 44 heavy (non-hydrogen) atoms. The molecule has 0 unspecified atom stereocenters. The molecule has 1 atom stereocenters. The van der Waals surface area contributed by atoms with Crippen LogP contribution in [0.3, 0.4) is 0 Å². The van der Waals surface area contributed by atoms with E-state index in [-0.39, 0.29) is 17.9 Å². The molecule has 6 aromatic rings. The third-order valence-electron chi connectivity index (χ3n) is 8.46. The van der Waals surface area contributed by atoms with Gasteiger partial charge in [0, 0.05) is 42.1 Å². The average Bonchev–Trinajstić information content (AvgIpc) is 3.48. The lowest BCUT2D eigenvalue weighted by Gasteiger charge is -2.36. The second-order valence-corrected chi connectivity index (χ2v) is 11.1. The third kappa shape index (κ3) is 4.85. The van der Waals surface area contributed by atoms with Gasteiger partial charge in [-0.1, -0.05) is 91.0 Å². The highest BCUT2D eigenvalue weighted by molar-refractivity contribution is 6.17. The van der Waals surface area contributed by atoms with Crippen molar-refractivity contribution in [3.05, 3.63) is 162 Å². The monoisotopic (exact) mass is 576 g/mol. The zero-order valence-corrected chi connectivity index (χ0v) is 24.2. The second-order valence-electron chi connectivity index (χ2n) is 11.1. The molecule has 6 nitrogen and oxygen atoms in total. The van der Waals surface area contributed by atoms with Gasteiger partial charge in [-0.25, -0.2) is 0 Å². The molecule has 1 aliphatic rings. The van der Waals surface area contributed by atoms with Gasteiger partial charge < -0.3 is 15.2 Å². The van der Waals surface area contributed by atoms with Crippen molar-refractivity contribution >= 4 is 34.1 Å². The zero-order valence-electron chi connectivity index (χ0n) is 24.2. The molecule has 6 heteroatoms. The SMILES string of the molecule is NC[C@@H]1Cc2ccccc2CN1C(=O)c1ccccc1-n1cc(C(=O)N(c2ccccc2)c2ccccc2)c2ccccc21.